The summed E-state index contributed by atoms with van der Waals surface area (Å²) in [7, 11) is 0. The molecule has 0 radical (unpaired) electrons. The third kappa shape index (κ3) is 13.2. The fourth-order valence-corrected chi connectivity index (χ4v) is 7.85. The Balaban J connectivity index is 1.13. The van der Waals surface area contributed by atoms with E-state index in [1.165, 1.54) is 36.5 Å². The summed E-state index contributed by atoms with van der Waals surface area (Å²) in [6.45, 7) is 2.99. The monoisotopic (exact) mass is 950 g/mol. The molecule has 7 rings (SSSR count). The Labute approximate surface area is 392 Å². The number of anilines is 4. The largest absolute Gasteiger partial charge is 0.478 e. The number of benzene rings is 2. The lowest BCUT2D eigenvalue weighted by atomic mass is 9.93. The highest BCUT2D eigenvalue weighted by Gasteiger charge is 2.27. The molecule has 1 aliphatic heterocycles. The van der Waals surface area contributed by atoms with Gasteiger partial charge in [0.15, 0.2) is 0 Å². The number of pyridine rings is 2. The highest BCUT2D eigenvalue weighted by molar-refractivity contribution is 6.35. The quantitative estimate of drug-likeness (QED) is 0.0216. The average molecular weight is 952 g/mol. The summed E-state index contributed by atoms with van der Waals surface area (Å²) in [5.41, 5.74) is 2.10. The van der Waals surface area contributed by atoms with Crippen molar-refractivity contribution >= 4 is 70.0 Å². The van der Waals surface area contributed by atoms with Crippen molar-refractivity contribution in [2.45, 2.75) is 31.7 Å². The summed E-state index contributed by atoms with van der Waals surface area (Å²) in [6.07, 6.45) is 5.88. The lowest BCUT2D eigenvalue weighted by molar-refractivity contribution is -0.385. The van der Waals surface area contributed by atoms with Crippen LogP contribution in [0.15, 0.2) is 91.4 Å². The third-order valence-electron chi connectivity index (χ3n) is 10.6. The van der Waals surface area contributed by atoms with Crippen molar-refractivity contribution in [3.8, 4) is 22.5 Å². The van der Waals surface area contributed by atoms with Gasteiger partial charge in [0.05, 0.1) is 33.0 Å². The molecule has 5 heterocycles. The van der Waals surface area contributed by atoms with Crippen LogP contribution in [0.25, 0.3) is 22.5 Å². The van der Waals surface area contributed by atoms with E-state index in [1.54, 1.807) is 24.4 Å². The van der Waals surface area contributed by atoms with Gasteiger partial charge in [0.1, 0.15) is 29.6 Å². The van der Waals surface area contributed by atoms with Gasteiger partial charge in [-0.25, -0.2) is 34.7 Å². The maximum absolute atomic E-state index is 13.8. The number of hydrogen-bond donors (Lipinski definition) is 7. The summed E-state index contributed by atoms with van der Waals surface area (Å²) in [4.78, 5) is 74.4. The number of nitro groups is 2. The lowest BCUT2D eigenvalue weighted by Crippen LogP contribution is -2.35. The number of rotatable bonds is 21. The van der Waals surface area contributed by atoms with Crippen molar-refractivity contribution in [2.24, 2.45) is 5.92 Å². The van der Waals surface area contributed by atoms with Gasteiger partial charge in [-0.1, -0.05) is 47.5 Å². The second-order valence-electron chi connectivity index (χ2n) is 15.3. The van der Waals surface area contributed by atoms with E-state index >= 15 is 0 Å². The number of carboxylic acids is 1. The number of nitrogens with one attached hydrogen (secondary N) is 6. The number of piperidine rings is 1. The van der Waals surface area contributed by atoms with Crippen molar-refractivity contribution in [3.63, 3.8) is 0 Å². The first kappa shape index (κ1) is 47.3. The number of halogens is 2. The molecule has 2 aromatic carbocycles. The van der Waals surface area contributed by atoms with Gasteiger partial charge in [0, 0.05) is 78.5 Å². The van der Waals surface area contributed by atoms with Gasteiger partial charge in [0.25, 0.3) is 11.4 Å². The van der Waals surface area contributed by atoms with E-state index in [1.807, 2.05) is 24.3 Å². The van der Waals surface area contributed by atoms with Gasteiger partial charge in [-0.15, -0.1) is 0 Å². The van der Waals surface area contributed by atoms with Crippen LogP contribution >= 0.6 is 23.2 Å². The van der Waals surface area contributed by atoms with Gasteiger partial charge < -0.3 is 37.0 Å². The van der Waals surface area contributed by atoms with Crippen LogP contribution in [-0.2, 0) is 11.2 Å². The summed E-state index contributed by atoms with van der Waals surface area (Å²) in [6, 6.07) is 18.8. The van der Waals surface area contributed by atoms with E-state index in [9.17, 15) is 34.9 Å². The summed E-state index contributed by atoms with van der Waals surface area (Å²) in [5, 5.41) is 52.2. The van der Waals surface area contributed by atoms with Gasteiger partial charge in [-0.3, -0.25) is 25.0 Å². The first-order valence-electron chi connectivity index (χ1n) is 21.1. The minimum absolute atomic E-state index is 0.0482. The smallest absolute Gasteiger partial charge is 0.339 e. The van der Waals surface area contributed by atoms with E-state index in [0.717, 1.165) is 37.7 Å². The number of nitrogens with zero attached hydrogens (tertiary/aromatic N) is 8. The van der Waals surface area contributed by atoms with E-state index in [0.29, 0.717) is 47.5 Å². The molecule has 346 valence electrons. The normalized spacial score (nSPS) is 13.0. The second kappa shape index (κ2) is 22.5. The van der Waals surface area contributed by atoms with Gasteiger partial charge in [0.2, 0.25) is 17.8 Å². The maximum atomic E-state index is 13.8. The summed E-state index contributed by atoms with van der Waals surface area (Å²) < 4.78 is 0. The minimum Gasteiger partial charge on any atom is -0.478 e. The zero-order valence-electron chi connectivity index (χ0n) is 35.6. The van der Waals surface area contributed by atoms with E-state index in [2.05, 4.69) is 56.8 Å². The molecule has 67 heavy (non-hydrogen) atoms. The van der Waals surface area contributed by atoms with Crippen LogP contribution in [0.1, 0.15) is 46.9 Å². The molecular weight excluding hydrogens is 907 g/mol. The minimum atomic E-state index is -1.30. The number of amides is 1. The van der Waals surface area contributed by atoms with Gasteiger partial charge >= 0.3 is 5.97 Å². The summed E-state index contributed by atoms with van der Waals surface area (Å²) in [5.74, 6) is 0.0242. The predicted octanol–water partition coefficient (Wildman–Crippen LogP) is 7.05. The Kier molecular flexibility index (Phi) is 15.9. The van der Waals surface area contributed by atoms with Gasteiger partial charge in [-0.05, 0) is 73.8 Å². The topological polar surface area (TPSA) is 290 Å². The third-order valence-corrected chi connectivity index (χ3v) is 11.0. The number of carbonyl (C=O) groups excluding carboxylic acids is 1. The van der Waals surface area contributed by atoms with Crippen LogP contribution in [0.4, 0.5) is 34.9 Å². The fraction of sp³-hybridized carbons (Fsp3) is 0.273. The number of aromatic carboxylic acids is 1. The molecule has 1 aliphatic rings. The van der Waals surface area contributed by atoms with Crippen LogP contribution in [0.3, 0.4) is 0 Å². The molecule has 0 saturated carbocycles. The highest BCUT2D eigenvalue weighted by Crippen LogP contribution is 2.33. The van der Waals surface area contributed by atoms with E-state index < -0.39 is 21.9 Å². The van der Waals surface area contributed by atoms with Crippen molar-refractivity contribution < 1.29 is 24.5 Å². The highest BCUT2D eigenvalue weighted by atomic mass is 35.5. The van der Waals surface area contributed by atoms with Gasteiger partial charge in [-0.2, -0.15) is 0 Å². The van der Waals surface area contributed by atoms with Crippen molar-refractivity contribution in [1.29, 1.82) is 0 Å². The molecule has 0 aliphatic carbocycles. The SMILES string of the molecule is O=C(CC1CCNCC1)NC(Cc1nc(NCCNc2ccc([N+](=O)[O-])cn2)nc(-c2cc(Cl)cc(Cl)c2)c1C(=O)O)c1ccc(-c2ccnc(NCCNc3ccc([N+](=O)[O-])cn3)n2)cc1. The van der Waals surface area contributed by atoms with Crippen LogP contribution < -0.4 is 31.9 Å². The van der Waals surface area contributed by atoms with Crippen LogP contribution in [0, 0.1) is 26.1 Å². The van der Waals surface area contributed by atoms with Crippen molar-refractivity contribution in [3.05, 3.63) is 138 Å². The van der Waals surface area contributed by atoms with Crippen LogP contribution in [-0.4, -0.2) is 96.0 Å². The molecule has 1 unspecified atom stereocenters. The van der Waals surface area contributed by atoms with E-state index in [-0.39, 0.29) is 82.1 Å². The van der Waals surface area contributed by atoms with Crippen molar-refractivity contribution in [1.82, 2.24) is 40.5 Å². The number of hydrogen-bond acceptors (Lipinski definition) is 17. The van der Waals surface area contributed by atoms with Crippen molar-refractivity contribution in [2.75, 3.05) is 60.5 Å². The molecule has 6 aromatic rings. The predicted molar refractivity (Wildman–Crippen MR) is 252 cm³/mol. The molecule has 7 N–H and O–H groups in total. The molecule has 4 aromatic heterocycles. The Morgan fingerprint density at radius 3 is 1.90 bits per heavy atom. The molecule has 1 fully saturated rings. The van der Waals surface area contributed by atoms with E-state index in [4.69, 9.17) is 28.2 Å². The molecule has 1 atom stereocenters. The second-order valence-corrected chi connectivity index (χ2v) is 16.2. The Hall–Kier alpha value is -7.62. The first-order valence-corrected chi connectivity index (χ1v) is 21.8. The molecule has 1 saturated heterocycles. The standard InChI is InChI=1S/C44H44Cl2N14O7/c45-30-20-29(21-31(46)22-30)41-40(42(62)63)36(57-44(58-41)52-18-16-49-38-8-6-33(25-54-38)60(66)67)23-35(55-39(61)19-26-9-12-47-13-10-26)28-3-1-27(2-4-28)34-11-14-50-43(56-34)51-17-15-48-37-7-5-32(24-53-37)59(64)65/h1-8,11,14,20-22,24-26,35,47H,9-10,12-13,15-19,23H2,(H,48,53)(H,49,54)(H,55,61)(H,62,63)(H,50,51,56)(H,52,57,58). The Bertz CT molecular complexity index is 2690. The molecule has 21 nitrogen and oxygen atoms in total. The fourth-order valence-electron chi connectivity index (χ4n) is 7.32. The molecular formula is C44H44Cl2N14O7. The average Bonchev–Trinajstić information content (AvgIpc) is 3.32. The number of aromatic nitrogens is 6. The lowest BCUT2D eigenvalue weighted by Gasteiger charge is -2.25. The zero-order chi connectivity index (χ0) is 47.3. The molecule has 0 spiro atoms. The zero-order valence-corrected chi connectivity index (χ0v) is 37.1. The van der Waals surface area contributed by atoms with Crippen LogP contribution in [0.2, 0.25) is 10.0 Å². The van der Waals surface area contributed by atoms with Crippen LogP contribution in [0.5, 0.6) is 0 Å². The maximum Gasteiger partial charge on any atom is 0.339 e. The Morgan fingerprint density at radius 1 is 0.731 bits per heavy atom. The summed E-state index contributed by atoms with van der Waals surface area (Å²) >= 11 is 12.8. The molecule has 0 bridgehead atoms. The Morgan fingerprint density at radius 2 is 1.33 bits per heavy atom. The number of carbonyl (C=O) groups is 2. The molecule has 23 heteroatoms. The molecule has 1 amide bonds. The number of carboxylic acid groups (broad SMARTS) is 1. The first-order chi connectivity index (χ1) is 32.4.